The van der Waals surface area contributed by atoms with Gasteiger partial charge in [-0.1, -0.05) is 17.8 Å². The zero-order valence-corrected chi connectivity index (χ0v) is 16.5. The highest BCUT2D eigenvalue weighted by atomic mass is 32.2. The lowest BCUT2D eigenvalue weighted by molar-refractivity contribution is -0.137. The highest BCUT2D eigenvalue weighted by molar-refractivity contribution is 7.99. The topological polar surface area (TPSA) is 106 Å². The van der Waals surface area contributed by atoms with E-state index < -0.39 is 17.6 Å². The van der Waals surface area contributed by atoms with E-state index in [1.165, 1.54) is 6.07 Å². The number of nitrogens with zero attached hydrogens (tertiary/aromatic N) is 2. The van der Waals surface area contributed by atoms with Gasteiger partial charge in [0.15, 0.2) is 0 Å². The zero-order valence-electron chi connectivity index (χ0n) is 15.7. The van der Waals surface area contributed by atoms with Crippen molar-refractivity contribution in [3.05, 3.63) is 41.3 Å². The number of carbonyl (C=O) groups excluding carboxylic acids is 2. The SMILES string of the molecule is O=C(CSc1nnc(CNC(=O)c2cccc(C(F)(F)F)c2)o1)NC[C@@H]1CCCO1. The van der Waals surface area contributed by atoms with Gasteiger partial charge in [-0.15, -0.1) is 10.2 Å². The maximum Gasteiger partial charge on any atom is 0.416 e. The van der Waals surface area contributed by atoms with Crippen LogP contribution in [0.1, 0.15) is 34.7 Å². The molecule has 12 heteroatoms. The summed E-state index contributed by atoms with van der Waals surface area (Å²) in [5.74, 6) is -0.766. The van der Waals surface area contributed by atoms with E-state index in [2.05, 4.69) is 20.8 Å². The first-order chi connectivity index (χ1) is 14.3. The molecule has 2 heterocycles. The highest BCUT2D eigenvalue weighted by Crippen LogP contribution is 2.29. The van der Waals surface area contributed by atoms with Crippen LogP contribution in [-0.4, -0.2) is 47.0 Å². The second-order valence-electron chi connectivity index (χ2n) is 6.45. The maximum absolute atomic E-state index is 12.7. The van der Waals surface area contributed by atoms with Crippen molar-refractivity contribution < 1.29 is 31.9 Å². The monoisotopic (exact) mass is 444 g/mol. The maximum atomic E-state index is 12.7. The predicted molar refractivity (Wildman–Crippen MR) is 99.6 cm³/mol. The summed E-state index contributed by atoms with van der Waals surface area (Å²) in [6.45, 7) is 1.01. The third-order valence-corrected chi connectivity index (χ3v) is 5.00. The third-order valence-electron chi connectivity index (χ3n) is 4.18. The fourth-order valence-corrected chi connectivity index (χ4v) is 3.28. The second-order valence-corrected chi connectivity index (χ2v) is 7.38. The number of benzene rings is 1. The Morgan fingerprint density at radius 3 is 2.80 bits per heavy atom. The number of hydrogen-bond acceptors (Lipinski definition) is 7. The summed E-state index contributed by atoms with van der Waals surface area (Å²) in [7, 11) is 0. The Bertz CT molecular complexity index is 884. The summed E-state index contributed by atoms with van der Waals surface area (Å²) >= 11 is 1.04. The summed E-state index contributed by atoms with van der Waals surface area (Å²) in [6, 6.07) is 4.08. The number of nitrogens with one attached hydrogen (secondary N) is 2. The summed E-state index contributed by atoms with van der Waals surface area (Å²) in [4.78, 5) is 23.9. The Labute approximate surface area is 173 Å². The van der Waals surface area contributed by atoms with Gasteiger partial charge in [0.1, 0.15) is 0 Å². The summed E-state index contributed by atoms with van der Waals surface area (Å²) in [5.41, 5.74) is -1.05. The van der Waals surface area contributed by atoms with E-state index in [0.717, 1.165) is 42.8 Å². The fraction of sp³-hybridized carbons (Fsp3) is 0.444. The smallest absolute Gasteiger partial charge is 0.414 e. The van der Waals surface area contributed by atoms with Gasteiger partial charge in [-0.3, -0.25) is 9.59 Å². The molecule has 0 spiro atoms. The van der Waals surface area contributed by atoms with Gasteiger partial charge < -0.3 is 19.8 Å². The molecule has 30 heavy (non-hydrogen) atoms. The van der Waals surface area contributed by atoms with Gasteiger partial charge in [-0.05, 0) is 31.0 Å². The molecule has 8 nitrogen and oxygen atoms in total. The number of ether oxygens (including phenoxy) is 1. The van der Waals surface area contributed by atoms with Gasteiger partial charge in [-0.25, -0.2) is 0 Å². The van der Waals surface area contributed by atoms with Gasteiger partial charge in [0.05, 0.1) is 24.0 Å². The van der Waals surface area contributed by atoms with Crippen LogP contribution in [0, 0.1) is 0 Å². The molecule has 1 saturated heterocycles. The van der Waals surface area contributed by atoms with Crippen molar-refractivity contribution in [2.45, 2.75) is 36.9 Å². The molecule has 2 N–H and O–H groups in total. The average Bonchev–Trinajstić information content (AvgIpc) is 3.40. The largest absolute Gasteiger partial charge is 0.416 e. The van der Waals surface area contributed by atoms with E-state index >= 15 is 0 Å². The molecule has 1 fully saturated rings. The van der Waals surface area contributed by atoms with E-state index in [1.54, 1.807) is 0 Å². The molecular formula is C18H19F3N4O4S. The molecule has 0 unspecified atom stereocenters. The molecule has 162 valence electrons. The number of hydrogen-bond donors (Lipinski definition) is 2. The van der Waals surface area contributed by atoms with E-state index in [0.29, 0.717) is 13.2 Å². The summed E-state index contributed by atoms with van der Waals surface area (Å²) in [5, 5.41) is 12.8. The Balaban J connectivity index is 1.43. The van der Waals surface area contributed by atoms with E-state index in [-0.39, 0.29) is 41.0 Å². The van der Waals surface area contributed by atoms with Crippen LogP contribution in [0.3, 0.4) is 0 Å². The minimum Gasteiger partial charge on any atom is -0.414 e. The van der Waals surface area contributed by atoms with Gasteiger partial charge in [0.25, 0.3) is 11.1 Å². The lowest BCUT2D eigenvalue weighted by atomic mass is 10.1. The van der Waals surface area contributed by atoms with Gasteiger partial charge in [0, 0.05) is 18.7 Å². The zero-order chi connectivity index (χ0) is 21.6. The number of halogens is 3. The standard InChI is InChI=1S/C18H19F3N4O4S/c19-18(20,21)12-4-1-3-11(7-12)16(27)23-9-15-24-25-17(29-15)30-10-14(26)22-8-13-5-2-6-28-13/h1,3-4,7,13H,2,5-6,8-10H2,(H,22,26)(H,23,27)/t13-/m0/s1. The number of rotatable bonds is 8. The molecule has 0 radical (unpaired) electrons. The Morgan fingerprint density at radius 2 is 2.07 bits per heavy atom. The van der Waals surface area contributed by atoms with Crippen LogP contribution in [0.4, 0.5) is 13.2 Å². The summed E-state index contributed by atoms with van der Waals surface area (Å²) in [6.07, 6.45) is -2.57. The van der Waals surface area contributed by atoms with E-state index in [4.69, 9.17) is 9.15 Å². The molecule has 2 amide bonds. The van der Waals surface area contributed by atoms with Crippen molar-refractivity contribution in [3.63, 3.8) is 0 Å². The molecule has 0 bridgehead atoms. The van der Waals surface area contributed by atoms with Crippen molar-refractivity contribution in [3.8, 4) is 0 Å². The molecule has 3 rings (SSSR count). The number of aromatic nitrogens is 2. The Hall–Kier alpha value is -2.60. The first kappa shape index (κ1) is 22.1. The Morgan fingerprint density at radius 1 is 1.23 bits per heavy atom. The van der Waals surface area contributed by atoms with Crippen LogP contribution in [0.15, 0.2) is 33.9 Å². The molecule has 1 atom stereocenters. The molecule has 1 aliphatic rings. The van der Waals surface area contributed by atoms with Crippen LogP contribution in [0.2, 0.25) is 0 Å². The molecule has 2 aromatic rings. The minimum atomic E-state index is -4.54. The van der Waals surface area contributed by atoms with Crippen molar-refractivity contribution in [1.29, 1.82) is 0 Å². The van der Waals surface area contributed by atoms with Crippen molar-refractivity contribution >= 4 is 23.6 Å². The van der Waals surface area contributed by atoms with Crippen LogP contribution < -0.4 is 10.6 Å². The van der Waals surface area contributed by atoms with E-state index in [9.17, 15) is 22.8 Å². The Kier molecular flexibility index (Phi) is 7.32. The quantitative estimate of drug-likeness (QED) is 0.602. The van der Waals surface area contributed by atoms with Gasteiger partial charge >= 0.3 is 6.18 Å². The summed E-state index contributed by atoms with van der Waals surface area (Å²) < 4.78 is 49.0. The number of amides is 2. The van der Waals surface area contributed by atoms with Crippen LogP contribution in [0.25, 0.3) is 0 Å². The first-order valence-electron chi connectivity index (χ1n) is 9.10. The molecule has 0 aliphatic carbocycles. The fourth-order valence-electron chi connectivity index (χ4n) is 2.67. The highest BCUT2D eigenvalue weighted by Gasteiger charge is 2.30. The van der Waals surface area contributed by atoms with Gasteiger partial charge in [0.2, 0.25) is 11.8 Å². The molecule has 1 aliphatic heterocycles. The normalized spacial score (nSPS) is 16.4. The third kappa shape index (κ3) is 6.46. The molecule has 0 saturated carbocycles. The second kappa shape index (κ2) is 9.94. The van der Waals surface area contributed by atoms with E-state index in [1.807, 2.05) is 0 Å². The van der Waals surface area contributed by atoms with Crippen LogP contribution >= 0.6 is 11.8 Å². The number of carbonyl (C=O) groups is 2. The van der Waals surface area contributed by atoms with Crippen molar-refractivity contribution in [2.24, 2.45) is 0 Å². The number of thioether (sulfide) groups is 1. The minimum absolute atomic E-state index is 0.0504. The number of alkyl halides is 3. The lowest BCUT2D eigenvalue weighted by Gasteiger charge is -2.09. The van der Waals surface area contributed by atoms with Crippen molar-refractivity contribution in [2.75, 3.05) is 18.9 Å². The van der Waals surface area contributed by atoms with Crippen LogP contribution in [0.5, 0.6) is 0 Å². The lowest BCUT2D eigenvalue weighted by Crippen LogP contribution is -2.32. The van der Waals surface area contributed by atoms with Gasteiger partial charge in [-0.2, -0.15) is 13.2 Å². The van der Waals surface area contributed by atoms with Crippen LogP contribution in [-0.2, 0) is 22.3 Å². The molecule has 1 aromatic heterocycles. The first-order valence-corrected chi connectivity index (χ1v) is 10.1. The average molecular weight is 444 g/mol. The predicted octanol–water partition coefficient (Wildman–Crippen LogP) is 2.41. The molecular weight excluding hydrogens is 425 g/mol. The van der Waals surface area contributed by atoms with Crippen molar-refractivity contribution in [1.82, 2.24) is 20.8 Å². The molecule has 1 aromatic carbocycles.